The topological polar surface area (TPSA) is 40.5 Å². The SMILES string of the molecule is C/C=C/c1ccc(O)cc1.C=Cc1ccc(O)cc1. The number of hydrogen-bond acceptors (Lipinski definition) is 2. The molecule has 0 aliphatic carbocycles. The molecule has 0 saturated carbocycles. The van der Waals surface area contributed by atoms with Gasteiger partial charge in [-0.2, -0.15) is 0 Å². The van der Waals surface area contributed by atoms with Crippen molar-refractivity contribution < 1.29 is 10.2 Å². The van der Waals surface area contributed by atoms with Crippen molar-refractivity contribution in [2.45, 2.75) is 6.92 Å². The molecule has 0 fully saturated rings. The van der Waals surface area contributed by atoms with Crippen LogP contribution < -0.4 is 0 Å². The highest BCUT2D eigenvalue weighted by Gasteiger charge is 1.85. The summed E-state index contributed by atoms with van der Waals surface area (Å²) >= 11 is 0. The molecule has 0 atom stereocenters. The van der Waals surface area contributed by atoms with Gasteiger partial charge in [-0.15, -0.1) is 0 Å². The van der Waals surface area contributed by atoms with Crippen LogP contribution in [0.2, 0.25) is 0 Å². The largest absolute Gasteiger partial charge is 0.508 e. The van der Waals surface area contributed by atoms with E-state index in [0.29, 0.717) is 11.5 Å². The lowest BCUT2D eigenvalue weighted by Gasteiger charge is -1.91. The van der Waals surface area contributed by atoms with Gasteiger partial charge in [-0.05, 0) is 42.3 Å². The molecule has 0 aromatic heterocycles. The predicted octanol–water partition coefficient (Wildman–Crippen LogP) is 4.46. The van der Waals surface area contributed by atoms with E-state index in [1.165, 1.54) is 0 Å². The number of allylic oxidation sites excluding steroid dienone is 1. The number of phenolic OH excluding ortho intramolecular Hbond substituents is 2. The monoisotopic (exact) mass is 254 g/mol. The van der Waals surface area contributed by atoms with Crippen LogP contribution in [0.4, 0.5) is 0 Å². The minimum atomic E-state index is 0.292. The number of phenols is 2. The molecule has 2 rings (SSSR count). The highest BCUT2D eigenvalue weighted by Crippen LogP contribution is 2.10. The molecule has 0 spiro atoms. The molecule has 2 N–H and O–H groups in total. The first-order valence-corrected chi connectivity index (χ1v) is 5.99. The third-order valence-electron chi connectivity index (χ3n) is 2.38. The van der Waals surface area contributed by atoms with Crippen molar-refractivity contribution in [3.8, 4) is 11.5 Å². The lowest BCUT2D eigenvalue weighted by atomic mass is 10.2. The van der Waals surface area contributed by atoms with Gasteiger partial charge in [-0.1, -0.05) is 49.1 Å². The van der Waals surface area contributed by atoms with Gasteiger partial charge in [0, 0.05) is 0 Å². The van der Waals surface area contributed by atoms with Gasteiger partial charge in [0.05, 0.1) is 0 Å². The highest BCUT2D eigenvalue weighted by molar-refractivity contribution is 5.50. The molecule has 0 unspecified atom stereocenters. The Labute approximate surface area is 114 Å². The Morgan fingerprint density at radius 3 is 1.58 bits per heavy atom. The van der Waals surface area contributed by atoms with Crippen LogP contribution in [-0.2, 0) is 0 Å². The molecule has 2 nitrogen and oxygen atoms in total. The van der Waals surface area contributed by atoms with Crippen LogP contribution in [0, 0.1) is 0 Å². The van der Waals surface area contributed by atoms with E-state index >= 15 is 0 Å². The van der Waals surface area contributed by atoms with E-state index < -0.39 is 0 Å². The van der Waals surface area contributed by atoms with E-state index in [2.05, 4.69) is 6.58 Å². The maximum Gasteiger partial charge on any atom is 0.115 e. The lowest BCUT2D eigenvalue weighted by molar-refractivity contribution is 0.474. The van der Waals surface area contributed by atoms with Crippen LogP contribution in [0.15, 0.2) is 61.2 Å². The molecule has 2 aromatic rings. The smallest absolute Gasteiger partial charge is 0.115 e. The number of aromatic hydroxyl groups is 2. The summed E-state index contributed by atoms with van der Waals surface area (Å²) in [5, 5.41) is 17.7. The first kappa shape index (κ1) is 14.6. The molecule has 19 heavy (non-hydrogen) atoms. The zero-order valence-electron chi connectivity index (χ0n) is 11.0. The highest BCUT2D eigenvalue weighted by atomic mass is 16.3. The Balaban J connectivity index is 0.000000191. The fourth-order valence-electron chi connectivity index (χ4n) is 1.39. The summed E-state index contributed by atoms with van der Waals surface area (Å²) in [6.07, 6.45) is 5.69. The Bertz CT molecular complexity index is 522. The number of benzene rings is 2. The van der Waals surface area contributed by atoms with Crippen molar-refractivity contribution in [2.75, 3.05) is 0 Å². The molecule has 0 radical (unpaired) electrons. The van der Waals surface area contributed by atoms with Crippen LogP contribution in [0.25, 0.3) is 12.2 Å². The summed E-state index contributed by atoms with van der Waals surface area (Å²) in [5.41, 5.74) is 2.13. The van der Waals surface area contributed by atoms with E-state index in [-0.39, 0.29) is 0 Å². The van der Waals surface area contributed by atoms with Gasteiger partial charge in [0.1, 0.15) is 11.5 Å². The van der Waals surface area contributed by atoms with E-state index in [1.807, 2.05) is 43.3 Å². The number of rotatable bonds is 2. The molecule has 98 valence electrons. The van der Waals surface area contributed by atoms with Gasteiger partial charge in [-0.3, -0.25) is 0 Å². The molecule has 0 amide bonds. The second-order valence-electron chi connectivity index (χ2n) is 3.89. The summed E-state index contributed by atoms with van der Waals surface area (Å²) in [6, 6.07) is 14.0. The molecule has 2 aromatic carbocycles. The lowest BCUT2D eigenvalue weighted by Crippen LogP contribution is -1.68. The Morgan fingerprint density at radius 2 is 1.21 bits per heavy atom. The van der Waals surface area contributed by atoms with E-state index in [0.717, 1.165) is 11.1 Å². The van der Waals surface area contributed by atoms with Crippen molar-refractivity contribution in [3.05, 3.63) is 72.3 Å². The zero-order chi connectivity index (χ0) is 14.1. The molecule has 0 aliphatic rings. The van der Waals surface area contributed by atoms with Crippen LogP contribution in [0.5, 0.6) is 11.5 Å². The average molecular weight is 254 g/mol. The third-order valence-corrected chi connectivity index (χ3v) is 2.38. The van der Waals surface area contributed by atoms with Crippen LogP contribution >= 0.6 is 0 Å². The first-order chi connectivity index (χ1) is 9.15. The minimum Gasteiger partial charge on any atom is -0.508 e. The Morgan fingerprint density at radius 1 is 0.789 bits per heavy atom. The summed E-state index contributed by atoms with van der Waals surface area (Å²) in [6.45, 7) is 5.54. The second kappa shape index (κ2) is 7.77. The predicted molar refractivity (Wildman–Crippen MR) is 81.0 cm³/mol. The summed E-state index contributed by atoms with van der Waals surface area (Å²) < 4.78 is 0. The molecule has 0 heterocycles. The molecular formula is C17H18O2. The summed E-state index contributed by atoms with van der Waals surface area (Å²) in [7, 11) is 0. The van der Waals surface area contributed by atoms with E-state index in [1.54, 1.807) is 30.3 Å². The third kappa shape index (κ3) is 5.59. The van der Waals surface area contributed by atoms with Gasteiger partial charge in [0.25, 0.3) is 0 Å². The van der Waals surface area contributed by atoms with E-state index in [9.17, 15) is 0 Å². The van der Waals surface area contributed by atoms with Crippen LogP contribution in [-0.4, -0.2) is 10.2 Å². The summed E-state index contributed by atoms with van der Waals surface area (Å²) in [4.78, 5) is 0. The van der Waals surface area contributed by atoms with Gasteiger partial charge in [-0.25, -0.2) is 0 Å². The average Bonchev–Trinajstić information content (AvgIpc) is 2.43. The zero-order valence-corrected chi connectivity index (χ0v) is 11.0. The minimum absolute atomic E-state index is 0.292. The van der Waals surface area contributed by atoms with Crippen molar-refractivity contribution in [3.63, 3.8) is 0 Å². The summed E-state index contributed by atoms with van der Waals surface area (Å²) in [5.74, 6) is 0.605. The van der Waals surface area contributed by atoms with Crippen molar-refractivity contribution >= 4 is 12.2 Å². The van der Waals surface area contributed by atoms with Crippen molar-refractivity contribution in [1.29, 1.82) is 0 Å². The van der Waals surface area contributed by atoms with Gasteiger partial charge >= 0.3 is 0 Å². The quantitative estimate of drug-likeness (QED) is 0.830. The van der Waals surface area contributed by atoms with Crippen LogP contribution in [0.3, 0.4) is 0 Å². The van der Waals surface area contributed by atoms with Gasteiger partial charge in [0.15, 0.2) is 0 Å². The van der Waals surface area contributed by atoms with Gasteiger partial charge < -0.3 is 10.2 Å². The molecule has 0 aliphatic heterocycles. The van der Waals surface area contributed by atoms with Gasteiger partial charge in [0.2, 0.25) is 0 Å². The van der Waals surface area contributed by atoms with Crippen LogP contribution in [0.1, 0.15) is 18.1 Å². The van der Waals surface area contributed by atoms with Crippen molar-refractivity contribution in [1.82, 2.24) is 0 Å². The number of hydrogen-bond donors (Lipinski definition) is 2. The fraction of sp³-hybridized carbons (Fsp3) is 0.0588. The van der Waals surface area contributed by atoms with Crippen molar-refractivity contribution in [2.24, 2.45) is 0 Å². The normalized spacial score (nSPS) is 9.74. The van der Waals surface area contributed by atoms with E-state index in [4.69, 9.17) is 10.2 Å². The molecular weight excluding hydrogens is 236 g/mol. The molecule has 2 heteroatoms. The Hall–Kier alpha value is -2.48. The molecule has 0 saturated heterocycles. The second-order valence-corrected chi connectivity index (χ2v) is 3.89. The maximum atomic E-state index is 8.90. The fourth-order valence-corrected chi connectivity index (χ4v) is 1.39. The maximum absolute atomic E-state index is 8.90. The first-order valence-electron chi connectivity index (χ1n) is 5.99. The molecule has 0 bridgehead atoms. The standard InChI is InChI=1S/C9H10O.C8H8O/c1-2-3-8-4-6-9(10)7-5-8;1-2-7-3-5-8(9)6-4-7/h2-7,10H,1H3;2-6,9H,1H2/b3-2+;. The Kier molecular flexibility index (Phi) is 5.96.